The van der Waals surface area contributed by atoms with Crippen molar-refractivity contribution in [1.82, 2.24) is 14.5 Å². The van der Waals surface area contributed by atoms with Crippen molar-refractivity contribution in [2.24, 2.45) is 0 Å². The van der Waals surface area contributed by atoms with Gasteiger partial charge in [0.25, 0.3) is 0 Å². The molecule has 1 fully saturated rings. The summed E-state index contributed by atoms with van der Waals surface area (Å²) in [6.45, 7) is 8.07. The van der Waals surface area contributed by atoms with Crippen LogP contribution in [0.1, 0.15) is 32.6 Å². The van der Waals surface area contributed by atoms with Crippen LogP contribution < -0.4 is 5.32 Å². The monoisotopic (exact) mass is 236 g/mol. The maximum absolute atomic E-state index is 4.34. The highest BCUT2D eigenvalue weighted by atomic mass is 15.2. The number of aromatic nitrogens is 2. The minimum atomic E-state index is 1.00. The van der Waals surface area contributed by atoms with Crippen LogP contribution in [-0.2, 0) is 6.54 Å². The van der Waals surface area contributed by atoms with Gasteiger partial charge < -0.3 is 14.8 Å². The van der Waals surface area contributed by atoms with Crippen molar-refractivity contribution in [1.29, 1.82) is 0 Å². The summed E-state index contributed by atoms with van der Waals surface area (Å²) in [5, 5.41) is 3.36. The van der Waals surface area contributed by atoms with E-state index in [9.17, 15) is 0 Å². The van der Waals surface area contributed by atoms with Crippen LogP contribution in [0.2, 0.25) is 0 Å². The summed E-state index contributed by atoms with van der Waals surface area (Å²) in [6, 6.07) is 0. The van der Waals surface area contributed by atoms with Gasteiger partial charge in [-0.05, 0) is 45.3 Å². The summed E-state index contributed by atoms with van der Waals surface area (Å²) in [7, 11) is 0. The molecule has 0 aliphatic carbocycles. The molecule has 0 unspecified atom stereocenters. The summed E-state index contributed by atoms with van der Waals surface area (Å²) in [4.78, 5) is 6.91. The van der Waals surface area contributed by atoms with E-state index in [1.54, 1.807) is 0 Å². The van der Waals surface area contributed by atoms with E-state index in [0.29, 0.717) is 0 Å². The van der Waals surface area contributed by atoms with Crippen LogP contribution in [0, 0.1) is 0 Å². The number of nitrogens with one attached hydrogen (secondary N) is 1. The fourth-order valence-electron chi connectivity index (χ4n) is 2.36. The molecule has 17 heavy (non-hydrogen) atoms. The molecule has 1 saturated heterocycles. The van der Waals surface area contributed by atoms with Crippen LogP contribution in [0.25, 0.3) is 0 Å². The molecule has 0 saturated carbocycles. The number of hydrogen-bond acceptors (Lipinski definition) is 3. The molecule has 4 nitrogen and oxygen atoms in total. The highest BCUT2D eigenvalue weighted by Crippen LogP contribution is 2.09. The van der Waals surface area contributed by atoms with Crippen molar-refractivity contribution >= 4 is 5.95 Å². The number of nitrogens with zero attached hydrogens (tertiary/aromatic N) is 3. The van der Waals surface area contributed by atoms with Crippen LogP contribution >= 0.6 is 0 Å². The van der Waals surface area contributed by atoms with Gasteiger partial charge in [0.05, 0.1) is 0 Å². The van der Waals surface area contributed by atoms with Crippen LogP contribution in [0.4, 0.5) is 5.95 Å². The van der Waals surface area contributed by atoms with Gasteiger partial charge in [0.1, 0.15) is 0 Å². The fourth-order valence-corrected chi connectivity index (χ4v) is 2.36. The molecule has 1 aromatic heterocycles. The third kappa shape index (κ3) is 3.73. The SMILES string of the molecule is CCCNc1nccn1CCCN1CCCC1. The molecule has 1 aliphatic heterocycles. The second-order valence-corrected chi connectivity index (χ2v) is 4.77. The van der Waals surface area contributed by atoms with E-state index in [1.165, 1.54) is 38.9 Å². The van der Waals surface area contributed by atoms with Crippen LogP contribution in [-0.4, -0.2) is 40.6 Å². The molecule has 1 N–H and O–H groups in total. The average Bonchev–Trinajstić information content (AvgIpc) is 2.98. The van der Waals surface area contributed by atoms with Gasteiger partial charge in [0.2, 0.25) is 5.95 Å². The third-order valence-electron chi connectivity index (χ3n) is 3.32. The van der Waals surface area contributed by atoms with E-state index in [4.69, 9.17) is 0 Å². The first-order valence-corrected chi connectivity index (χ1v) is 6.87. The predicted octanol–water partition coefficient (Wildman–Crippen LogP) is 2.19. The Morgan fingerprint density at radius 3 is 2.88 bits per heavy atom. The smallest absolute Gasteiger partial charge is 0.202 e. The molecule has 0 bridgehead atoms. The van der Waals surface area contributed by atoms with E-state index >= 15 is 0 Å². The lowest BCUT2D eigenvalue weighted by Crippen LogP contribution is -2.21. The van der Waals surface area contributed by atoms with E-state index in [1.807, 2.05) is 6.20 Å². The van der Waals surface area contributed by atoms with Crippen molar-refractivity contribution in [2.45, 2.75) is 39.2 Å². The molecule has 1 aromatic rings. The predicted molar refractivity (Wildman–Crippen MR) is 71.3 cm³/mol. The molecule has 1 aliphatic rings. The summed E-state index contributed by atoms with van der Waals surface area (Å²) in [5.74, 6) is 1.02. The Kier molecular flexibility index (Phi) is 4.86. The minimum Gasteiger partial charge on any atom is -0.356 e. The number of anilines is 1. The topological polar surface area (TPSA) is 33.1 Å². The molecule has 0 amide bonds. The molecule has 96 valence electrons. The largest absolute Gasteiger partial charge is 0.356 e. The summed E-state index contributed by atoms with van der Waals surface area (Å²) in [5.41, 5.74) is 0. The summed E-state index contributed by atoms with van der Waals surface area (Å²) < 4.78 is 2.23. The maximum Gasteiger partial charge on any atom is 0.202 e. The highest BCUT2D eigenvalue weighted by molar-refractivity contribution is 5.25. The lowest BCUT2D eigenvalue weighted by Gasteiger charge is -2.15. The molecular weight excluding hydrogens is 212 g/mol. The first-order chi connectivity index (χ1) is 8.40. The van der Waals surface area contributed by atoms with Gasteiger partial charge in [0.15, 0.2) is 0 Å². The van der Waals surface area contributed by atoms with Gasteiger partial charge in [-0.3, -0.25) is 0 Å². The van der Waals surface area contributed by atoms with Gasteiger partial charge in [-0.25, -0.2) is 4.98 Å². The molecule has 0 radical (unpaired) electrons. The van der Waals surface area contributed by atoms with Gasteiger partial charge in [0, 0.05) is 25.5 Å². The molecular formula is C13H24N4. The minimum absolute atomic E-state index is 1.00. The number of imidazole rings is 1. The zero-order valence-electron chi connectivity index (χ0n) is 10.9. The van der Waals surface area contributed by atoms with E-state index in [2.05, 4.69) is 32.9 Å². The van der Waals surface area contributed by atoms with Crippen LogP contribution in [0.15, 0.2) is 12.4 Å². The average molecular weight is 236 g/mol. The van der Waals surface area contributed by atoms with Gasteiger partial charge in [-0.2, -0.15) is 0 Å². The van der Waals surface area contributed by atoms with Crippen molar-refractivity contribution in [3.05, 3.63) is 12.4 Å². The molecule has 0 spiro atoms. The number of aryl methyl sites for hydroxylation is 1. The summed E-state index contributed by atoms with van der Waals surface area (Å²) in [6.07, 6.45) is 9.08. The van der Waals surface area contributed by atoms with Crippen LogP contribution in [0.5, 0.6) is 0 Å². The first-order valence-electron chi connectivity index (χ1n) is 6.87. The Labute approximate surface area is 104 Å². The number of rotatable bonds is 7. The number of hydrogen-bond donors (Lipinski definition) is 1. The Bertz CT molecular complexity index is 315. The Hall–Kier alpha value is -1.03. The molecule has 0 aromatic carbocycles. The maximum atomic E-state index is 4.34. The molecule has 4 heteroatoms. The Morgan fingerprint density at radius 1 is 1.29 bits per heavy atom. The van der Waals surface area contributed by atoms with Crippen LogP contribution in [0.3, 0.4) is 0 Å². The fraction of sp³-hybridized carbons (Fsp3) is 0.769. The first kappa shape index (κ1) is 12.4. The zero-order valence-corrected chi connectivity index (χ0v) is 10.9. The Morgan fingerprint density at radius 2 is 2.12 bits per heavy atom. The second-order valence-electron chi connectivity index (χ2n) is 4.77. The highest BCUT2D eigenvalue weighted by Gasteiger charge is 2.10. The quantitative estimate of drug-likeness (QED) is 0.788. The Balaban J connectivity index is 1.72. The van der Waals surface area contributed by atoms with Gasteiger partial charge in [-0.15, -0.1) is 0 Å². The van der Waals surface area contributed by atoms with Crippen molar-refractivity contribution in [3.8, 4) is 0 Å². The second kappa shape index (κ2) is 6.64. The van der Waals surface area contributed by atoms with Gasteiger partial charge in [-0.1, -0.05) is 6.92 Å². The van der Waals surface area contributed by atoms with E-state index in [-0.39, 0.29) is 0 Å². The van der Waals surface area contributed by atoms with E-state index in [0.717, 1.165) is 25.5 Å². The lowest BCUT2D eigenvalue weighted by atomic mass is 10.4. The molecule has 0 atom stereocenters. The third-order valence-corrected chi connectivity index (χ3v) is 3.32. The normalized spacial score (nSPS) is 16.5. The van der Waals surface area contributed by atoms with E-state index < -0.39 is 0 Å². The van der Waals surface area contributed by atoms with Crippen molar-refractivity contribution < 1.29 is 0 Å². The molecule has 2 rings (SSSR count). The molecule has 2 heterocycles. The van der Waals surface area contributed by atoms with Gasteiger partial charge >= 0.3 is 0 Å². The summed E-state index contributed by atoms with van der Waals surface area (Å²) >= 11 is 0. The van der Waals surface area contributed by atoms with Crippen molar-refractivity contribution in [3.63, 3.8) is 0 Å². The lowest BCUT2D eigenvalue weighted by molar-refractivity contribution is 0.325. The zero-order chi connectivity index (χ0) is 11.9. The standard InChI is InChI=1S/C13H24N4/c1-2-6-14-13-15-7-12-17(13)11-5-10-16-8-3-4-9-16/h7,12H,2-6,8-11H2,1H3,(H,14,15). The number of likely N-dealkylation sites (tertiary alicyclic amines) is 1. The van der Waals surface area contributed by atoms with Crippen molar-refractivity contribution in [2.75, 3.05) is 31.5 Å².